The molecule has 7 unspecified atom stereocenters. The molecule has 0 radical (unpaired) electrons. The summed E-state index contributed by atoms with van der Waals surface area (Å²) in [6.45, 7) is 24.8. The molecule has 0 heterocycles. The van der Waals surface area contributed by atoms with Crippen LogP contribution in [0.4, 0.5) is 0 Å². The van der Waals surface area contributed by atoms with Crippen LogP contribution < -0.4 is 0 Å². The van der Waals surface area contributed by atoms with Crippen molar-refractivity contribution >= 4 is 0 Å². The van der Waals surface area contributed by atoms with Crippen LogP contribution in [-0.4, -0.2) is 0 Å². The Kier molecular flexibility index (Phi) is 4.18. The molecule has 0 aliphatic heterocycles. The van der Waals surface area contributed by atoms with Crippen molar-refractivity contribution in [2.75, 3.05) is 0 Å². The Labute approximate surface area is 133 Å². The fourth-order valence-electron chi connectivity index (χ4n) is 5.99. The molecule has 0 nitrogen and oxygen atoms in total. The first-order valence-corrected chi connectivity index (χ1v) is 9.16. The maximum absolute atomic E-state index is 2.59. The van der Waals surface area contributed by atoms with Crippen LogP contribution in [0.25, 0.3) is 0 Å². The van der Waals surface area contributed by atoms with Gasteiger partial charge in [0, 0.05) is 0 Å². The van der Waals surface area contributed by atoms with E-state index < -0.39 is 0 Å². The van der Waals surface area contributed by atoms with Gasteiger partial charge in [0.1, 0.15) is 0 Å². The molecule has 0 aromatic heterocycles. The molecule has 0 heteroatoms. The van der Waals surface area contributed by atoms with Crippen LogP contribution >= 0.6 is 0 Å². The Balaban J connectivity index is 2.37. The normalized spacial score (nSPS) is 54.6. The standard InChI is InChI=1S/C21H38/c1-12-13(2)17(6)20(9,16(12)5)11-21(10)18(7)14(3)15(4)19(21)8/h12-14,16-18H,11H2,1-10H3. The lowest BCUT2D eigenvalue weighted by molar-refractivity contribution is 0.0639. The van der Waals surface area contributed by atoms with Gasteiger partial charge in [0.05, 0.1) is 0 Å². The molecule has 2 rings (SSSR count). The second kappa shape index (κ2) is 5.14. The third kappa shape index (κ3) is 2.15. The van der Waals surface area contributed by atoms with Crippen LogP contribution in [0, 0.1) is 46.3 Å². The minimum atomic E-state index is 0.393. The first-order valence-electron chi connectivity index (χ1n) is 9.16. The number of hydrogen-bond acceptors (Lipinski definition) is 0. The largest absolute Gasteiger partial charge is 0.0707 e. The maximum atomic E-state index is 2.59. The molecule has 0 saturated heterocycles. The topological polar surface area (TPSA) is 0 Å². The van der Waals surface area contributed by atoms with E-state index in [-0.39, 0.29) is 0 Å². The first-order chi connectivity index (χ1) is 9.48. The lowest BCUT2D eigenvalue weighted by atomic mass is 9.59. The molecule has 21 heavy (non-hydrogen) atoms. The summed E-state index contributed by atoms with van der Waals surface area (Å²) < 4.78 is 0. The highest BCUT2D eigenvalue weighted by Gasteiger charge is 2.55. The molecule has 122 valence electrons. The molecule has 1 saturated carbocycles. The Morgan fingerprint density at radius 1 is 0.762 bits per heavy atom. The zero-order valence-corrected chi connectivity index (χ0v) is 16.2. The average molecular weight is 291 g/mol. The predicted octanol–water partition coefficient (Wildman–Crippen LogP) is 6.57. The van der Waals surface area contributed by atoms with Gasteiger partial charge in [-0.25, -0.2) is 0 Å². The van der Waals surface area contributed by atoms with E-state index in [0.717, 1.165) is 35.5 Å². The zero-order chi connectivity index (χ0) is 16.3. The maximum Gasteiger partial charge on any atom is -0.00799 e. The molecule has 7 atom stereocenters. The highest BCUT2D eigenvalue weighted by molar-refractivity contribution is 5.29. The fourth-order valence-corrected chi connectivity index (χ4v) is 5.99. The molecule has 0 N–H and O–H groups in total. The van der Waals surface area contributed by atoms with Crippen molar-refractivity contribution in [1.82, 2.24) is 0 Å². The second-order valence-electron chi connectivity index (χ2n) is 9.28. The molecular weight excluding hydrogens is 252 g/mol. The molecule has 0 amide bonds. The van der Waals surface area contributed by atoms with Gasteiger partial charge in [-0.15, -0.1) is 0 Å². The summed E-state index contributed by atoms with van der Waals surface area (Å²) in [6, 6.07) is 0. The van der Waals surface area contributed by atoms with E-state index >= 15 is 0 Å². The first kappa shape index (κ1) is 17.1. The summed E-state index contributed by atoms with van der Waals surface area (Å²) in [4.78, 5) is 0. The Morgan fingerprint density at radius 3 is 1.52 bits per heavy atom. The molecule has 0 bridgehead atoms. The summed E-state index contributed by atoms with van der Waals surface area (Å²) in [6.07, 6.45) is 1.37. The zero-order valence-electron chi connectivity index (χ0n) is 16.2. The van der Waals surface area contributed by atoms with Crippen LogP contribution in [0.1, 0.15) is 75.7 Å². The van der Waals surface area contributed by atoms with Crippen LogP contribution in [0.15, 0.2) is 11.1 Å². The molecule has 1 fully saturated rings. The molecule has 0 aromatic carbocycles. The van der Waals surface area contributed by atoms with E-state index in [0.29, 0.717) is 10.8 Å². The molecule has 0 spiro atoms. The quantitative estimate of drug-likeness (QED) is 0.504. The fraction of sp³-hybridized carbons (Fsp3) is 0.905. The summed E-state index contributed by atoms with van der Waals surface area (Å²) >= 11 is 0. The van der Waals surface area contributed by atoms with Crippen molar-refractivity contribution in [1.29, 1.82) is 0 Å². The van der Waals surface area contributed by atoms with Crippen LogP contribution in [-0.2, 0) is 0 Å². The molecule has 2 aliphatic carbocycles. The second-order valence-corrected chi connectivity index (χ2v) is 9.28. The van der Waals surface area contributed by atoms with Crippen molar-refractivity contribution in [3.63, 3.8) is 0 Å². The Morgan fingerprint density at radius 2 is 1.19 bits per heavy atom. The molecule has 0 aromatic rings. The van der Waals surface area contributed by atoms with Crippen molar-refractivity contribution in [3.05, 3.63) is 11.1 Å². The van der Waals surface area contributed by atoms with Gasteiger partial charge < -0.3 is 0 Å². The van der Waals surface area contributed by atoms with Gasteiger partial charge in [-0.05, 0) is 66.6 Å². The van der Waals surface area contributed by atoms with Gasteiger partial charge in [-0.2, -0.15) is 0 Å². The van der Waals surface area contributed by atoms with E-state index in [1.54, 1.807) is 11.1 Å². The van der Waals surface area contributed by atoms with Crippen molar-refractivity contribution in [2.45, 2.75) is 75.7 Å². The summed E-state index contributed by atoms with van der Waals surface area (Å²) in [5.41, 5.74) is 4.22. The third-order valence-corrected chi connectivity index (χ3v) is 9.12. The van der Waals surface area contributed by atoms with E-state index in [9.17, 15) is 0 Å². The van der Waals surface area contributed by atoms with E-state index in [2.05, 4.69) is 69.2 Å². The van der Waals surface area contributed by atoms with Crippen LogP contribution in [0.3, 0.4) is 0 Å². The smallest absolute Gasteiger partial charge is 0.00799 e. The van der Waals surface area contributed by atoms with Crippen LogP contribution in [0.5, 0.6) is 0 Å². The number of allylic oxidation sites excluding steroid dienone is 2. The van der Waals surface area contributed by atoms with Crippen molar-refractivity contribution in [3.8, 4) is 0 Å². The van der Waals surface area contributed by atoms with Gasteiger partial charge >= 0.3 is 0 Å². The minimum absolute atomic E-state index is 0.393. The van der Waals surface area contributed by atoms with Gasteiger partial charge in [0.25, 0.3) is 0 Å². The van der Waals surface area contributed by atoms with E-state index in [1.165, 1.54) is 6.42 Å². The highest BCUT2D eigenvalue weighted by Crippen LogP contribution is 2.63. The van der Waals surface area contributed by atoms with Gasteiger partial charge in [0.2, 0.25) is 0 Å². The predicted molar refractivity (Wildman–Crippen MR) is 94.2 cm³/mol. The lowest BCUT2D eigenvalue weighted by Gasteiger charge is -2.45. The van der Waals surface area contributed by atoms with Gasteiger partial charge in [-0.3, -0.25) is 0 Å². The monoisotopic (exact) mass is 290 g/mol. The number of rotatable bonds is 2. The van der Waals surface area contributed by atoms with E-state index in [4.69, 9.17) is 0 Å². The molecular formula is C21H38. The van der Waals surface area contributed by atoms with E-state index in [1.807, 2.05) is 0 Å². The van der Waals surface area contributed by atoms with Crippen LogP contribution in [0.2, 0.25) is 0 Å². The highest BCUT2D eigenvalue weighted by atomic mass is 14.6. The average Bonchev–Trinajstić information content (AvgIpc) is 2.67. The summed E-state index contributed by atoms with van der Waals surface area (Å²) in [7, 11) is 0. The number of hydrogen-bond donors (Lipinski definition) is 0. The van der Waals surface area contributed by atoms with Gasteiger partial charge in [0.15, 0.2) is 0 Å². The SMILES string of the molecule is CC1=C(C)C(C)(CC2(C)C(C)C(C)C(C)C2C)C(C)C1C. The summed E-state index contributed by atoms with van der Waals surface area (Å²) in [5.74, 6) is 4.90. The third-order valence-electron chi connectivity index (χ3n) is 9.12. The Bertz CT molecular complexity index is 429. The van der Waals surface area contributed by atoms with Gasteiger partial charge in [-0.1, -0.05) is 66.5 Å². The lowest BCUT2D eigenvalue weighted by Crippen LogP contribution is -2.37. The van der Waals surface area contributed by atoms with Crippen molar-refractivity contribution < 1.29 is 0 Å². The minimum Gasteiger partial charge on any atom is -0.0707 e. The summed E-state index contributed by atoms with van der Waals surface area (Å²) in [5, 5.41) is 0. The Hall–Kier alpha value is -0.260. The van der Waals surface area contributed by atoms with Crippen molar-refractivity contribution in [2.24, 2.45) is 46.3 Å². The molecule has 2 aliphatic rings.